The summed E-state index contributed by atoms with van der Waals surface area (Å²) in [4.78, 5) is 11.0. The van der Waals surface area contributed by atoms with Crippen molar-refractivity contribution in [3.63, 3.8) is 0 Å². The molecule has 6 rings (SSSR count). The summed E-state index contributed by atoms with van der Waals surface area (Å²) in [5.74, 6) is -0.313. The largest absolute Gasteiger partial charge is 0.255 e. The highest BCUT2D eigenvalue weighted by atomic mass is 32.1. The van der Waals surface area contributed by atoms with Crippen LogP contribution in [0.2, 0.25) is 0 Å². The molecule has 5 aromatic rings. The molecular weight excluding hydrogens is 427 g/mol. The molecule has 0 atom stereocenters. The van der Waals surface area contributed by atoms with Gasteiger partial charge in [-0.3, -0.25) is 9.97 Å². The average Bonchev–Trinajstić information content (AvgIpc) is 3.42. The highest BCUT2D eigenvalue weighted by Gasteiger charge is 2.35. The van der Waals surface area contributed by atoms with Crippen molar-refractivity contribution in [3.8, 4) is 43.4 Å². The number of fused-ring (bicyclic) bond motifs is 3. The van der Waals surface area contributed by atoms with Crippen LogP contribution >= 0.6 is 11.3 Å². The molecule has 1 aliphatic carbocycles. The van der Waals surface area contributed by atoms with Gasteiger partial charge in [-0.25, -0.2) is 4.39 Å². The molecular formula is C29H21FN2S. The summed E-state index contributed by atoms with van der Waals surface area (Å²) >= 11 is 1.75. The van der Waals surface area contributed by atoms with Crippen molar-refractivity contribution in [2.45, 2.75) is 19.3 Å². The number of aromatic nitrogens is 2. The van der Waals surface area contributed by atoms with E-state index in [1.165, 1.54) is 51.0 Å². The zero-order valence-corrected chi connectivity index (χ0v) is 19.2. The van der Waals surface area contributed by atoms with Crippen LogP contribution in [0.4, 0.5) is 4.39 Å². The van der Waals surface area contributed by atoms with Gasteiger partial charge in [0, 0.05) is 33.6 Å². The average molecular weight is 449 g/mol. The molecule has 33 heavy (non-hydrogen) atoms. The van der Waals surface area contributed by atoms with E-state index in [1.807, 2.05) is 12.1 Å². The molecule has 0 unspecified atom stereocenters. The number of pyridine rings is 2. The number of rotatable bonds is 3. The number of halogens is 1. The first-order chi connectivity index (χ1) is 16.0. The molecule has 2 nitrogen and oxygen atoms in total. The number of thiophene rings is 1. The van der Waals surface area contributed by atoms with E-state index in [9.17, 15) is 4.39 Å². The summed E-state index contributed by atoms with van der Waals surface area (Å²) in [5.41, 5.74) is 8.90. The molecule has 0 spiro atoms. The van der Waals surface area contributed by atoms with Gasteiger partial charge >= 0.3 is 0 Å². The molecule has 4 heteroatoms. The van der Waals surface area contributed by atoms with E-state index in [2.05, 4.69) is 78.4 Å². The fourth-order valence-electron chi connectivity index (χ4n) is 4.77. The van der Waals surface area contributed by atoms with Crippen molar-refractivity contribution in [1.82, 2.24) is 9.97 Å². The number of hydrogen-bond donors (Lipinski definition) is 0. The Morgan fingerprint density at radius 1 is 0.667 bits per heavy atom. The Labute approximate surface area is 196 Å². The van der Waals surface area contributed by atoms with Gasteiger partial charge in [0.25, 0.3) is 0 Å². The Hall–Kier alpha value is -3.63. The third-order valence-corrected chi connectivity index (χ3v) is 7.69. The summed E-state index contributed by atoms with van der Waals surface area (Å²) in [7, 11) is 0. The molecule has 160 valence electrons. The number of benzene rings is 2. The number of nitrogens with zero attached hydrogens (tertiary/aromatic N) is 2. The van der Waals surface area contributed by atoms with Crippen LogP contribution in [-0.2, 0) is 5.41 Å². The fraction of sp³-hybridized carbons (Fsp3) is 0.103. The second-order valence-corrected chi connectivity index (χ2v) is 9.97. The zero-order valence-electron chi connectivity index (χ0n) is 18.3. The predicted octanol–water partition coefficient (Wildman–Crippen LogP) is 7.98. The molecule has 2 aromatic carbocycles. The number of hydrogen-bond acceptors (Lipinski definition) is 3. The van der Waals surface area contributed by atoms with Gasteiger partial charge in [-0.05, 0) is 69.8 Å². The topological polar surface area (TPSA) is 25.8 Å². The second-order valence-electron chi connectivity index (χ2n) is 8.88. The first-order valence-corrected chi connectivity index (χ1v) is 11.8. The lowest BCUT2D eigenvalue weighted by atomic mass is 9.82. The third-order valence-electron chi connectivity index (χ3n) is 6.50. The van der Waals surface area contributed by atoms with E-state index in [0.29, 0.717) is 11.4 Å². The van der Waals surface area contributed by atoms with Crippen LogP contribution in [0.5, 0.6) is 0 Å². The molecule has 1 aliphatic rings. The predicted molar refractivity (Wildman–Crippen MR) is 134 cm³/mol. The molecule has 0 N–H and O–H groups in total. The summed E-state index contributed by atoms with van der Waals surface area (Å²) in [5, 5.41) is 0. The lowest BCUT2D eigenvalue weighted by Gasteiger charge is -2.21. The first kappa shape index (κ1) is 20.0. The van der Waals surface area contributed by atoms with Crippen LogP contribution in [0.15, 0.2) is 91.3 Å². The monoisotopic (exact) mass is 448 g/mol. The first-order valence-electron chi connectivity index (χ1n) is 10.9. The summed E-state index contributed by atoms with van der Waals surface area (Å²) in [6.45, 7) is 4.61. The van der Waals surface area contributed by atoms with Crippen LogP contribution in [0.1, 0.15) is 25.0 Å². The second kappa shape index (κ2) is 7.46. The Morgan fingerprint density at radius 2 is 1.33 bits per heavy atom. The van der Waals surface area contributed by atoms with E-state index in [-0.39, 0.29) is 11.2 Å². The van der Waals surface area contributed by atoms with Gasteiger partial charge < -0.3 is 0 Å². The van der Waals surface area contributed by atoms with E-state index >= 15 is 0 Å². The Balaban J connectivity index is 1.37. The fourth-order valence-corrected chi connectivity index (χ4v) is 5.77. The molecule has 0 aliphatic heterocycles. The molecule has 0 saturated heterocycles. The maximum Gasteiger partial charge on any atom is 0.126 e. The van der Waals surface area contributed by atoms with Gasteiger partial charge in [-0.1, -0.05) is 50.2 Å². The van der Waals surface area contributed by atoms with Gasteiger partial charge in [-0.15, -0.1) is 11.3 Å². The summed E-state index contributed by atoms with van der Waals surface area (Å²) in [6, 6.07) is 26.6. The van der Waals surface area contributed by atoms with E-state index < -0.39 is 0 Å². The van der Waals surface area contributed by atoms with Crippen LogP contribution in [0.25, 0.3) is 43.4 Å². The minimum atomic E-state index is -0.313. The molecule has 0 bridgehead atoms. The molecule has 3 aromatic heterocycles. The van der Waals surface area contributed by atoms with E-state index in [1.54, 1.807) is 17.5 Å². The Kier molecular flexibility index (Phi) is 4.52. The van der Waals surface area contributed by atoms with Crippen LogP contribution in [0.3, 0.4) is 0 Å². The summed E-state index contributed by atoms with van der Waals surface area (Å²) in [6.07, 6.45) is 3.22. The zero-order chi connectivity index (χ0) is 22.6. The van der Waals surface area contributed by atoms with Crippen molar-refractivity contribution >= 4 is 11.3 Å². The van der Waals surface area contributed by atoms with Crippen LogP contribution in [0, 0.1) is 5.82 Å². The van der Waals surface area contributed by atoms with E-state index in [4.69, 9.17) is 0 Å². The molecule has 3 heterocycles. The van der Waals surface area contributed by atoms with Crippen molar-refractivity contribution < 1.29 is 4.39 Å². The highest BCUT2D eigenvalue weighted by Crippen LogP contribution is 2.50. The Bertz CT molecular complexity index is 1520. The maximum atomic E-state index is 13.6. The lowest BCUT2D eigenvalue weighted by molar-refractivity contribution is 0.626. The van der Waals surface area contributed by atoms with Gasteiger partial charge in [-0.2, -0.15) is 0 Å². The van der Waals surface area contributed by atoms with Crippen molar-refractivity contribution in [2.24, 2.45) is 0 Å². The molecule has 0 radical (unpaired) electrons. The quantitative estimate of drug-likeness (QED) is 0.280. The third kappa shape index (κ3) is 3.30. The smallest absolute Gasteiger partial charge is 0.126 e. The van der Waals surface area contributed by atoms with E-state index in [0.717, 1.165) is 10.4 Å². The van der Waals surface area contributed by atoms with Gasteiger partial charge in [0.1, 0.15) is 5.82 Å². The minimum absolute atomic E-state index is 0.0139. The highest BCUT2D eigenvalue weighted by molar-refractivity contribution is 7.18. The Morgan fingerprint density at radius 3 is 2.12 bits per heavy atom. The molecule has 0 amide bonds. The van der Waals surface area contributed by atoms with Gasteiger partial charge in [0.05, 0.1) is 11.4 Å². The van der Waals surface area contributed by atoms with Crippen LogP contribution < -0.4 is 0 Å². The minimum Gasteiger partial charge on any atom is -0.255 e. The van der Waals surface area contributed by atoms with Crippen molar-refractivity contribution in [3.05, 3.63) is 108 Å². The van der Waals surface area contributed by atoms with Crippen LogP contribution in [-0.4, -0.2) is 9.97 Å². The molecule has 0 fully saturated rings. The lowest BCUT2D eigenvalue weighted by Crippen LogP contribution is -2.14. The van der Waals surface area contributed by atoms with Crippen molar-refractivity contribution in [2.75, 3.05) is 0 Å². The maximum absolute atomic E-state index is 13.6. The van der Waals surface area contributed by atoms with Crippen molar-refractivity contribution in [1.29, 1.82) is 0 Å². The van der Waals surface area contributed by atoms with Gasteiger partial charge in [0.15, 0.2) is 0 Å². The molecule has 0 saturated carbocycles. The SMILES string of the molecule is CC1(C)c2ccccc2-c2ccc(-c3ccc(-c4ccnc(-c5cc(F)ccn5)c4)s3)cc21. The standard InChI is InChI=1S/C29H21FN2S/c1-29(2)23-6-4-3-5-21(23)22-8-7-18(15-24(22)29)27-9-10-28(33-27)19-11-13-31-25(16-19)26-17-20(30)12-14-32-26/h3-17H,1-2H3. The normalized spacial score (nSPS) is 13.5. The van der Waals surface area contributed by atoms with Gasteiger partial charge in [0.2, 0.25) is 0 Å². The summed E-state index contributed by atoms with van der Waals surface area (Å²) < 4.78 is 13.6.